The molecule has 0 aliphatic carbocycles. The molecule has 8 nitrogen and oxygen atoms in total. The van der Waals surface area contributed by atoms with Crippen molar-refractivity contribution in [1.82, 2.24) is 5.32 Å². The Kier molecular flexibility index (Phi) is 15.5. The summed E-state index contributed by atoms with van der Waals surface area (Å²) < 4.78 is 16.4. The molecule has 1 aromatic rings. The van der Waals surface area contributed by atoms with Gasteiger partial charge in [0.2, 0.25) is 0 Å². The van der Waals surface area contributed by atoms with Crippen LogP contribution in [0.5, 0.6) is 0 Å². The number of amides is 1. The molecule has 1 amide bonds. The number of carbonyl (C=O) groups excluding carboxylic acids is 3. The smallest absolute Gasteiger partial charge is 0.251 e. The molecule has 0 aliphatic rings. The van der Waals surface area contributed by atoms with Crippen LogP contribution in [0.25, 0.3) is 0 Å². The van der Waals surface area contributed by atoms with Crippen LogP contribution in [0.1, 0.15) is 68.2 Å². The Morgan fingerprint density at radius 3 is 2.29 bits per heavy atom. The first-order valence-corrected chi connectivity index (χ1v) is 12.1. The molecule has 0 spiro atoms. The quantitative estimate of drug-likeness (QED) is 0.292. The monoisotopic (exact) mass is 455 g/mol. The molecule has 0 saturated heterocycles. The lowest BCUT2D eigenvalue weighted by Crippen LogP contribution is -2.29. The minimum atomic E-state index is -1.49. The zero-order chi connectivity index (χ0) is 23.8. The van der Waals surface area contributed by atoms with Gasteiger partial charge in [0, 0.05) is 48.7 Å². The van der Waals surface area contributed by atoms with Crippen molar-refractivity contribution in [2.75, 3.05) is 37.4 Å². The van der Waals surface area contributed by atoms with E-state index < -0.39 is 11.0 Å². The van der Waals surface area contributed by atoms with Crippen LogP contribution in [-0.2, 0) is 20.5 Å². The van der Waals surface area contributed by atoms with Crippen LogP contribution in [0.3, 0.4) is 0 Å². The van der Waals surface area contributed by atoms with Crippen LogP contribution >= 0.6 is 0 Å². The standard InChI is InChI=1S/C20H31N3O5S.C2H6/c1-4-18(24)5-8-28-9-6-22-17-12-15(19(25)14(2)3)11-16(13-17)20(26)23-7-10-29(21)27;1-2/h11-14,22H,4-10,21H2,1-3H3,(H,23,26);1-2H3. The van der Waals surface area contributed by atoms with Gasteiger partial charge in [0.25, 0.3) is 5.91 Å². The summed E-state index contributed by atoms with van der Waals surface area (Å²) in [5.74, 6) is -0.335. The lowest BCUT2D eigenvalue weighted by molar-refractivity contribution is -0.119. The van der Waals surface area contributed by atoms with Crippen LogP contribution in [0, 0.1) is 5.92 Å². The number of ketones is 2. The SMILES string of the molecule is CC.CCC(=O)CCOCCNc1cc(C(=O)NCCS(N)=O)cc(C(=O)C(C)C)c1. The zero-order valence-electron chi connectivity index (χ0n) is 19.3. The average molecular weight is 456 g/mol. The highest BCUT2D eigenvalue weighted by atomic mass is 32.2. The van der Waals surface area contributed by atoms with Gasteiger partial charge in [-0.1, -0.05) is 34.6 Å². The van der Waals surface area contributed by atoms with Crippen LogP contribution < -0.4 is 15.8 Å². The predicted octanol–water partition coefficient (Wildman–Crippen LogP) is 2.70. The molecule has 0 fully saturated rings. The maximum atomic E-state index is 12.4. The van der Waals surface area contributed by atoms with Crippen molar-refractivity contribution in [2.45, 2.75) is 47.5 Å². The average Bonchev–Trinajstić information content (AvgIpc) is 2.76. The first-order valence-electron chi connectivity index (χ1n) is 10.7. The van der Waals surface area contributed by atoms with E-state index in [1.807, 2.05) is 20.8 Å². The normalized spacial score (nSPS) is 11.3. The minimum absolute atomic E-state index is 0.0694. The third-order valence-electron chi connectivity index (χ3n) is 4.09. The Labute approximate surface area is 188 Å². The van der Waals surface area contributed by atoms with Crippen molar-refractivity contribution in [3.8, 4) is 0 Å². The Bertz CT molecular complexity index is 738. The summed E-state index contributed by atoms with van der Waals surface area (Å²) in [5, 5.41) is 11.0. The number of benzene rings is 1. The molecular weight excluding hydrogens is 418 g/mol. The predicted molar refractivity (Wildman–Crippen MR) is 126 cm³/mol. The topological polar surface area (TPSA) is 128 Å². The lowest BCUT2D eigenvalue weighted by Gasteiger charge is -2.13. The third-order valence-corrected chi connectivity index (χ3v) is 4.69. The summed E-state index contributed by atoms with van der Waals surface area (Å²) >= 11 is 0. The van der Waals surface area contributed by atoms with Crippen molar-refractivity contribution < 1.29 is 23.3 Å². The highest BCUT2D eigenvalue weighted by Gasteiger charge is 2.15. The van der Waals surface area contributed by atoms with Crippen LogP contribution in [-0.4, -0.2) is 53.7 Å². The van der Waals surface area contributed by atoms with Crippen molar-refractivity contribution in [3.05, 3.63) is 29.3 Å². The number of rotatable bonds is 14. The number of hydrogen-bond donors (Lipinski definition) is 3. The van der Waals surface area contributed by atoms with Gasteiger partial charge in [-0.05, 0) is 18.2 Å². The number of carbonyl (C=O) groups is 3. The molecule has 176 valence electrons. The summed E-state index contributed by atoms with van der Waals surface area (Å²) in [6, 6.07) is 4.90. The first kappa shape index (κ1) is 28.9. The van der Waals surface area contributed by atoms with E-state index in [1.54, 1.807) is 32.0 Å². The van der Waals surface area contributed by atoms with E-state index >= 15 is 0 Å². The van der Waals surface area contributed by atoms with Gasteiger partial charge < -0.3 is 15.4 Å². The summed E-state index contributed by atoms with van der Waals surface area (Å²) in [7, 11) is -1.49. The summed E-state index contributed by atoms with van der Waals surface area (Å²) in [6.07, 6.45) is 0.900. The highest BCUT2D eigenvalue weighted by molar-refractivity contribution is 7.82. The molecule has 1 aromatic carbocycles. The molecule has 0 radical (unpaired) electrons. The van der Waals surface area contributed by atoms with E-state index in [2.05, 4.69) is 10.6 Å². The first-order chi connectivity index (χ1) is 14.7. The molecule has 0 aliphatic heterocycles. The second-order valence-electron chi connectivity index (χ2n) is 6.84. The van der Waals surface area contributed by atoms with Crippen molar-refractivity contribution in [1.29, 1.82) is 0 Å². The van der Waals surface area contributed by atoms with E-state index in [0.717, 1.165) is 0 Å². The third kappa shape index (κ3) is 12.4. The molecule has 1 rings (SSSR count). The van der Waals surface area contributed by atoms with Crippen LogP contribution in [0.2, 0.25) is 0 Å². The molecule has 9 heteroatoms. The van der Waals surface area contributed by atoms with Gasteiger partial charge in [-0.15, -0.1) is 0 Å². The molecule has 1 unspecified atom stereocenters. The summed E-state index contributed by atoms with van der Waals surface area (Å²) in [5.41, 5.74) is 1.39. The number of nitrogens with one attached hydrogen (secondary N) is 2. The molecule has 1 atom stereocenters. The van der Waals surface area contributed by atoms with Gasteiger partial charge in [0.1, 0.15) is 5.78 Å². The Balaban J connectivity index is 0.00000436. The Morgan fingerprint density at radius 1 is 1.06 bits per heavy atom. The molecule has 0 heterocycles. The van der Waals surface area contributed by atoms with E-state index in [9.17, 15) is 18.6 Å². The van der Waals surface area contributed by atoms with Crippen LogP contribution in [0.4, 0.5) is 5.69 Å². The van der Waals surface area contributed by atoms with Crippen molar-refractivity contribution >= 4 is 34.1 Å². The van der Waals surface area contributed by atoms with E-state index in [-0.39, 0.29) is 35.7 Å². The number of Topliss-reactive ketones (excluding diaryl/α,β-unsaturated/α-hetero) is 2. The Hall–Kier alpha value is -2.10. The molecule has 0 aromatic heterocycles. The lowest BCUT2D eigenvalue weighted by atomic mass is 9.98. The fraction of sp³-hybridized carbons (Fsp3) is 0.591. The van der Waals surface area contributed by atoms with Gasteiger partial charge in [-0.2, -0.15) is 0 Å². The second kappa shape index (κ2) is 16.6. The molecule has 0 saturated carbocycles. The van der Waals surface area contributed by atoms with Gasteiger partial charge in [-0.25, -0.2) is 4.21 Å². The second-order valence-corrected chi connectivity index (χ2v) is 8.01. The van der Waals surface area contributed by atoms with Crippen molar-refractivity contribution in [2.24, 2.45) is 11.1 Å². The maximum absolute atomic E-state index is 12.4. The highest BCUT2D eigenvalue weighted by Crippen LogP contribution is 2.18. The molecule has 4 N–H and O–H groups in total. The van der Waals surface area contributed by atoms with E-state index in [1.165, 1.54) is 0 Å². The summed E-state index contributed by atoms with van der Waals surface area (Å²) in [6.45, 7) is 10.8. The molecule has 0 bridgehead atoms. The van der Waals surface area contributed by atoms with Crippen LogP contribution in [0.15, 0.2) is 18.2 Å². The van der Waals surface area contributed by atoms with Gasteiger partial charge in [0.15, 0.2) is 5.78 Å². The number of hydrogen-bond acceptors (Lipinski definition) is 6. The van der Waals surface area contributed by atoms with Gasteiger partial charge in [0.05, 0.1) is 30.0 Å². The van der Waals surface area contributed by atoms with E-state index in [4.69, 9.17) is 9.88 Å². The van der Waals surface area contributed by atoms with Crippen molar-refractivity contribution in [3.63, 3.8) is 0 Å². The Morgan fingerprint density at radius 2 is 1.71 bits per heavy atom. The van der Waals surface area contributed by atoms with Gasteiger partial charge >= 0.3 is 0 Å². The zero-order valence-corrected chi connectivity index (χ0v) is 20.1. The fourth-order valence-electron chi connectivity index (χ4n) is 2.44. The largest absolute Gasteiger partial charge is 0.383 e. The number of anilines is 1. The minimum Gasteiger partial charge on any atom is -0.383 e. The van der Waals surface area contributed by atoms with Gasteiger partial charge in [-0.3, -0.25) is 19.5 Å². The number of nitrogens with two attached hydrogens (primary N) is 1. The number of ether oxygens (including phenoxy) is 1. The van der Waals surface area contributed by atoms with E-state index in [0.29, 0.717) is 49.4 Å². The summed E-state index contributed by atoms with van der Waals surface area (Å²) in [4.78, 5) is 36.0. The maximum Gasteiger partial charge on any atom is 0.251 e. The molecular formula is C22H37N3O5S. The fourth-order valence-corrected chi connectivity index (χ4v) is 2.74. The molecule has 31 heavy (non-hydrogen) atoms.